The van der Waals surface area contributed by atoms with E-state index in [0.717, 1.165) is 44.3 Å². The maximum Gasteiger partial charge on any atom is 0.170 e. The quantitative estimate of drug-likeness (QED) is 0.718. The molecule has 0 aromatic heterocycles. The van der Waals surface area contributed by atoms with E-state index >= 15 is 0 Å². The predicted octanol–water partition coefficient (Wildman–Crippen LogP) is 2.19. The molecule has 1 heterocycles. The molecule has 1 saturated heterocycles. The van der Waals surface area contributed by atoms with Crippen molar-refractivity contribution in [3.63, 3.8) is 0 Å². The second kappa shape index (κ2) is 3.70. The Morgan fingerprint density at radius 1 is 1.19 bits per heavy atom. The van der Waals surface area contributed by atoms with Crippen molar-refractivity contribution < 1.29 is 4.79 Å². The largest absolute Gasteiger partial charge is 0.316 e. The predicted molar refractivity (Wildman–Crippen MR) is 63.6 cm³/mol. The number of hydrogen-bond acceptors (Lipinski definition) is 2. The van der Waals surface area contributed by atoms with Crippen LogP contribution in [0, 0.1) is 5.41 Å². The van der Waals surface area contributed by atoms with E-state index < -0.39 is 0 Å². The van der Waals surface area contributed by atoms with Crippen molar-refractivity contribution in [2.45, 2.75) is 25.7 Å². The van der Waals surface area contributed by atoms with Gasteiger partial charge in [-0.05, 0) is 37.8 Å². The Labute approximate surface area is 96.1 Å². The third kappa shape index (κ3) is 1.40. The van der Waals surface area contributed by atoms with Crippen molar-refractivity contribution in [2.24, 2.45) is 5.41 Å². The van der Waals surface area contributed by atoms with Crippen molar-refractivity contribution in [3.8, 4) is 0 Å². The highest BCUT2D eigenvalue weighted by atomic mass is 16.1. The smallest absolute Gasteiger partial charge is 0.170 e. The normalized spacial score (nSPS) is 29.1. The molecule has 0 bridgehead atoms. The molecule has 1 fully saturated rings. The van der Waals surface area contributed by atoms with Gasteiger partial charge in [0.15, 0.2) is 5.78 Å². The van der Waals surface area contributed by atoms with E-state index in [0.29, 0.717) is 5.78 Å². The molecule has 1 aliphatic carbocycles. The van der Waals surface area contributed by atoms with Crippen LogP contribution < -0.4 is 5.32 Å². The van der Waals surface area contributed by atoms with Crippen LogP contribution >= 0.6 is 0 Å². The first-order chi connectivity index (χ1) is 7.82. The molecule has 1 atom stereocenters. The Hall–Kier alpha value is -1.15. The molecule has 16 heavy (non-hydrogen) atoms. The number of piperidine rings is 1. The molecule has 3 rings (SSSR count). The highest BCUT2D eigenvalue weighted by molar-refractivity contribution is 6.03. The summed E-state index contributed by atoms with van der Waals surface area (Å²) in [5.74, 6) is 0.376. The van der Waals surface area contributed by atoms with Crippen LogP contribution in [0.15, 0.2) is 24.3 Å². The Bertz CT molecular complexity index is 418. The number of fused-ring (bicyclic) bond motifs is 1. The Kier molecular flexibility index (Phi) is 2.32. The van der Waals surface area contributed by atoms with Gasteiger partial charge in [-0.25, -0.2) is 0 Å². The minimum atomic E-state index is -0.0907. The Morgan fingerprint density at radius 3 is 2.88 bits per heavy atom. The molecule has 1 aliphatic heterocycles. The van der Waals surface area contributed by atoms with Crippen molar-refractivity contribution in [2.75, 3.05) is 13.1 Å². The maximum absolute atomic E-state index is 12.6. The van der Waals surface area contributed by atoms with Gasteiger partial charge in [-0.2, -0.15) is 0 Å². The summed E-state index contributed by atoms with van der Waals surface area (Å²) in [6.45, 7) is 1.94. The number of rotatable bonds is 0. The highest BCUT2D eigenvalue weighted by Gasteiger charge is 2.42. The zero-order chi connectivity index (χ0) is 11.0. The summed E-state index contributed by atoms with van der Waals surface area (Å²) in [4.78, 5) is 12.6. The van der Waals surface area contributed by atoms with E-state index in [1.807, 2.05) is 18.2 Å². The number of nitrogens with one attached hydrogen (secondary N) is 1. The Balaban J connectivity index is 2.00. The summed E-state index contributed by atoms with van der Waals surface area (Å²) >= 11 is 0. The number of Topliss-reactive ketones (excluding diaryl/α,β-unsaturated/α-hetero) is 1. The van der Waals surface area contributed by atoms with Crippen LogP contribution in [-0.2, 0) is 6.42 Å². The lowest BCUT2D eigenvalue weighted by Crippen LogP contribution is -2.47. The van der Waals surface area contributed by atoms with Crippen LogP contribution in [0.4, 0.5) is 0 Å². The molecule has 0 amide bonds. The van der Waals surface area contributed by atoms with Crippen LogP contribution in [-0.4, -0.2) is 18.9 Å². The number of carbonyl (C=O) groups excluding carboxylic acids is 1. The summed E-state index contributed by atoms with van der Waals surface area (Å²) in [5.41, 5.74) is 2.12. The van der Waals surface area contributed by atoms with E-state index in [2.05, 4.69) is 11.4 Å². The first-order valence-corrected chi connectivity index (χ1v) is 6.15. The van der Waals surface area contributed by atoms with Gasteiger partial charge in [0, 0.05) is 17.5 Å². The van der Waals surface area contributed by atoms with Crippen LogP contribution in [0.5, 0.6) is 0 Å². The molecule has 1 N–H and O–H groups in total. The average Bonchev–Trinajstić information content (AvgIpc) is 2.36. The number of aryl methyl sites for hydroxylation is 1. The van der Waals surface area contributed by atoms with Gasteiger partial charge in [0.2, 0.25) is 0 Å². The maximum atomic E-state index is 12.6. The average molecular weight is 215 g/mol. The van der Waals surface area contributed by atoms with Crippen LogP contribution in [0.3, 0.4) is 0 Å². The molecule has 1 unspecified atom stereocenters. The number of hydrogen-bond donors (Lipinski definition) is 1. The monoisotopic (exact) mass is 215 g/mol. The van der Waals surface area contributed by atoms with Crippen LogP contribution in [0.1, 0.15) is 35.2 Å². The zero-order valence-electron chi connectivity index (χ0n) is 9.46. The van der Waals surface area contributed by atoms with E-state index in [9.17, 15) is 4.79 Å². The summed E-state index contributed by atoms with van der Waals surface area (Å²) < 4.78 is 0. The lowest BCUT2D eigenvalue weighted by Gasteiger charge is -2.39. The number of benzene rings is 1. The van der Waals surface area contributed by atoms with Gasteiger partial charge in [0.25, 0.3) is 0 Å². The second-order valence-corrected chi connectivity index (χ2v) is 5.05. The Morgan fingerprint density at radius 2 is 2.06 bits per heavy atom. The minimum Gasteiger partial charge on any atom is -0.316 e. The molecule has 1 aromatic rings. The first kappa shape index (κ1) is 10.0. The summed E-state index contributed by atoms with van der Waals surface area (Å²) in [5, 5.41) is 3.39. The van der Waals surface area contributed by atoms with Gasteiger partial charge in [0.1, 0.15) is 0 Å². The van der Waals surface area contributed by atoms with Gasteiger partial charge in [-0.1, -0.05) is 24.3 Å². The van der Waals surface area contributed by atoms with E-state index in [1.165, 1.54) is 5.56 Å². The van der Waals surface area contributed by atoms with Gasteiger partial charge >= 0.3 is 0 Å². The highest BCUT2D eigenvalue weighted by Crippen LogP contribution is 2.39. The number of ketones is 1. The van der Waals surface area contributed by atoms with Crippen molar-refractivity contribution in [3.05, 3.63) is 35.4 Å². The molecule has 1 spiro atoms. The molecule has 1 aromatic carbocycles. The zero-order valence-corrected chi connectivity index (χ0v) is 9.46. The third-order valence-electron chi connectivity index (χ3n) is 4.09. The molecular formula is C14H17NO. The standard InChI is InChI=1S/C14H17NO/c16-13-12-5-2-1-4-11(12)6-8-14(13)7-3-9-15-10-14/h1-2,4-5,15H,3,6-10H2. The lowest BCUT2D eigenvalue weighted by atomic mass is 9.67. The van der Waals surface area contributed by atoms with Gasteiger partial charge in [-0.15, -0.1) is 0 Å². The summed E-state index contributed by atoms with van der Waals surface area (Å²) in [6, 6.07) is 8.10. The fraction of sp³-hybridized carbons (Fsp3) is 0.500. The van der Waals surface area contributed by atoms with Gasteiger partial charge in [-0.3, -0.25) is 4.79 Å². The fourth-order valence-corrected chi connectivity index (χ4v) is 3.11. The second-order valence-electron chi connectivity index (χ2n) is 5.05. The lowest BCUT2D eigenvalue weighted by molar-refractivity contribution is 0.0700. The van der Waals surface area contributed by atoms with Crippen LogP contribution in [0.2, 0.25) is 0 Å². The van der Waals surface area contributed by atoms with Gasteiger partial charge < -0.3 is 5.32 Å². The van der Waals surface area contributed by atoms with Crippen molar-refractivity contribution in [1.29, 1.82) is 0 Å². The molecule has 0 saturated carbocycles. The summed E-state index contributed by atoms with van der Waals surface area (Å²) in [6.07, 6.45) is 4.28. The summed E-state index contributed by atoms with van der Waals surface area (Å²) in [7, 11) is 0. The molecule has 2 heteroatoms. The molecular weight excluding hydrogens is 198 g/mol. The first-order valence-electron chi connectivity index (χ1n) is 6.15. The SMILES string of the molecule is O=C1c2ccccc2CCC12CCCNC2. The molecule has 2 nitrogen and oxygen atoms in total. The fourth-order valence-electron chi connectivity index (χ4n) is 3.11. The molecule has 2 aliphatic rings. The molecule has 84 valence electrons. The van der Waals surface area contributed by atoms with Crippen LogP contribution in [0.25, 0.3) is 0 Å². The van der Waals surface area contributed by atoms with Crippen molar-refractivity contribution >= 4 is 5.78 Å². The topological polar surface area (TPSA) is 29.1 Å². The van der Waals surface area contributed by atoms with Gasteiger partial charge in [0.05, 0.1) is 0 Å². The van der Waals surface area contributed by atoms with E-state index in [4.69, 9.17) is 0 Å². The number of carbonyl (C=O) groups is 1. The third-order valence-corrected chi connectivity index (χ3v) is 4.09. The van der Waals surface area contributed by atoms with E-state index in [1.54, 1.807) is 0 Å². The minimum absolute atomic E-state index is 0.0907. The van der Waals surface area contributed by atoms with E-state index in [-0.39, 0.29) is 5.41 Å². The van der Waals surface area contributed by atoms with Crippen molar-refractivity contribution in [1.82, 2.24) is 5.32 Å². The molecule has 0 radical (unpaired) electrons.